The molecule has 4 nitrogen and oxygen atoms in total. The van der Waals surface area contributed by atoms with Crippen LogP contribution in [0.3, 0.4) is 0 Å². The molecule has 0 aromatic rings. The first-order chi connectivity index (χ1) is 8.38. The van der Waals surface area contributed by atoms with Crippen molar-refractivity contribution in [2.45, 2.75) is 37.3 Å². The molecule has 17 heavy (non-hydrogen) atoms. The minimum absolute atomic E-state index is 0.155. The van der Waals surface area contributed by atoms with Crippen LogP contribution >= 0.6 is 0 Å². The van der Waals surface area contributed by atoms with E-state index in [1.807, 2.05) is 0 Å². The van der Waals surface area contributed by atoms with Gasteiger partial charge in [-0.05, 0) is 38.8 Å². The first-order valence-corrected chi connectivity index (χ1v) is 7.05. The van der Waals surface area contributed by atoms with Gasteiger partial charge in [-0.3, -0.25) is 4.90 Å². The van der Waals surface area contributed by atoms with Crippen LogP contribution in [0.5, 0.6) is 0 Å². The molecule has 0 bridgehead atoms. The second-order valence-electron chi connectivity index (χ2n) is 5.60. The Bertz CT molecular complexity index is 242. The third kappa shape index (κ3) is 2.65. The van der Waals surface area contributed by atoms with E-state index in [0.717, 1.165) is 52.0 Å². The molecule has 3 saturated heterocycles. The van der Waals surface area contributed by atoms with Gasteiger partial charge in [-0.1, -0.05) is 0 Å². The summed E-state index contributed by atoms with van der Waals surface area (Å²) in [6, 6.07) is 0.736. The van der Waals surface area contributed by atoms with E-state index in [-0.39, 0.29) is 5.60 Å². The summed E-state index contributed by atoms with van der Waals surface area (Å²) in [5.74, 6) is 0. The maximum Gasteiger partial charge on any atom is 0.0833 e. The highest BCUT2D eigenvalue weighted by molar-refractivity contribution is 4.93. The van der Waals surface area contributed by atoms with E-state index >= 15 is 0 Å². The first-order valence-electron chi connectivity index (χ1n) is 7.05. The fraction of sp³-hybridized carbons (Fsp3) is 1.00. The fourth-order valence-corrected chi connectivity index (χ4v) is 3.42. The minimum atomic E-state index is 0.155. The lowest BCUT2D eigenvalue weighted by Crippen LogP contribution is -2.58. The Kier molecular flexibility index (Phi) is 3.66. The van der Waals surface area contributed by atoms with Crippen molar-refractivity contribution in [2.24, 2.45) is 0 Å². The topological polar surface area (TPSA) is 33.7 Å². The van der Waals surface area contributed by atoms with E-state index in [2.05, 4.69) is 10.2 Å². The maximum atomic E-state index is 6.11. The summed E-state index contributed by atoms with van der Waals surface area (Å²) >= 11 is 0. The monoisotopic (exact) mass is 240 g/mol. The normalized spacial score (nSPS) is 31.8. The number of ether oxygens (including phenoxy) is 2. The zero-order valence-electron chi connectivity index (χ0n) is 10.6. The van der Waals surface area contributed by atoms with E-state index in [1.54, 1.807) is 0 Å². The molecule has 3 heterocycles. The third-order valence-corrected chi connectivity index (χ3v) is 4.50. The molecule has 0 aromatic heterocycles. The van der Waals surface area contributed by atoms with Crippen molar-refractivity contribution < 1.29 is 9.47 Å². The van der Waals surface area contributed by atoms with Gasteiger partial charge in [0, 0.05) is 32.3 Å². The number of nitrogens with one attached hydrogen (secondary N) is 1. The van der Waals surface area contributed by atoms with Gasteiger partial charge in [0.15, 0.2) is 0 Å². The SMILES string of the molecule is C1CC2(CCN1)CN(C1CCOCC1)CCO2. The molecule has 98 valence electrons. The van der Waals surface area contributed by atoms with Crippen LogP contribution in [0.25, 0.3) is 0 Å². The average Bonchev–Trinajstić information content (AvgIpc) is 2.41. The van der Waals surface area contributed by atoms with E-state index in [9.17, 15) is 0 Å². The summed E-state index contributed by atoms with van der Waals surface area (Å²) in [4.78, 5) is 2.66. The van der Waals surface area contributed by atoms with Crippen LogP contribution in [0.4, 0.5) is 0 Å². The maximum absolute atomic E-state index is 6.11. The summed E-state index contributed by atoms with van der Waals surface area (Å²) in [6.45, 7) is 7.27. The molecular formula is C13H24N2O2. The van der Waals surface area contributed by atoms with Gasteiger partial charge in [-0.25, -0.2) is 0 Å². The molecule has 0 saturated carbocycles. The van der Waals surface area contributed by atoms with Crippen LogP contribution in [0.2, 0.25) is 0 Å². The predicted octanol–water partition coefficient (Wildman–Crippen LogP) is 0.620. The number of nitrogens with zero attached hydrogens (tertiary/aromatic N) is 1. The largest absolute Gasteiger partial charge is 0.381 e. The van der Waals surface area contributed by atoms with Gasteiger partial charge < -0.3 is 14.8 Å². The molecule has 4 heteroatoms. The first kappa shape index (κ1) is 11.9. The summed E-state index contributed by atoms with van der Waals surface area (Å²) in [5, 5.41) is 3.43. The molecule has 3 aliphatic heterocycles. The lowest BCUT2D eigenvalue weighted by molar-refractivity contribution is -0.138. The van der Waals surface area contributed by atoms with Crippen LogP contribution in [-0.2, 0) is 9.47 Å². The van der Waals surface area contributed by atoms with Crippen molar-refractivity contribution in [3.8, 4) is 0 Å². The molecule has 0 aromatic carbocycles. The van der Waals surface area contributed by atoms with Crippen LogP contribution in [0.1, 0.15) is 25.7 Å². The van der Waals surface area contributed by atoms with Crippen molar-refractivity contribution in [3.63, 3.8) is 0 Å². The van der Waals surface area contributed by atoms with Gasteiger partial charge in [-0.2, -0.15) is 0 Å². The number of piperidine rings is 1. The highest BCUT2D eigenvalue weighted by Crippen LogP contribution is 2.30. The Labute approximate surface area is 104 Å². The number of rotatable bonds is 1. The van der Waals surface area contributed by atoms with Crippen LogP contribution in [0.15, 0.2) is 0 Å². The van der Waals surface area contributed by atoms with Gasteiger partial charge in [0.05, 0.1) is 12.2 Å². The van der Waals surface area contributed by atoms with Crippen molar-refractivity contribution in [1.82, 2.24) is 10.2 Å². The third-order valence-electron chi connectivity index (χ3n) is 4.50. The Hall–Kier alpha value is -0.160. The molecule has 0 amide bonds. The van der Waals surface area contributed by atoms with Crippen molar-refractivity contribution in [1.29, 1.82) is 0 Å². The minimum Gasteiger partial charge on any atom is -0.381 e. The molecule has 1 N–H and O–H groups in total. The number of morpholine rings is 1. The Morgan fingerprint density at radius 2 is 1.82 bits per heavy atom. The van der Waals surface area contributed by atoms with Crippen LogP contribution in [-0.4, -0.2) is 62.5 Å². The average molecular weight is 240 g/mol. The second-order valence-corrected chi connectivity index (χ2v) is 5.60. The van der Waals surface area contributed by atoms with Gasteiger partial charge in [0.25, 0.3) is 0 Å². The number of hydrogen-bond acceptors (Lipinski definition) is 4. The summed E-state index contributed by atoms with van der Waals surface area (Å²) in [5.41, 5.74) is 0.155. The summed E-state index contributed by atoms with van der Waals surface area (Å²) in [6.07, 6.45) is 4.75. The molecule has 1 spiro atoms. The van der Waals surface area contributed by atoms with Crippen molar-refractivity contribution >= 4 is 0 Å². The highest BCUT2D eigenvalue weighted by atomic mass is 16.5. The van der Waals surface area contributed by atoms with E-state index < -0.39 is 0 Å². The Balaban J connectivity index is 1.61. The fourth-order valence-electron chi connectivity index (χ4n) is 3.42. The van der Waals surface area contributed by atoms with Gasteiger partial charge in [0.1, 0.15) is 0 Å². The molecule has 3 fully saturated rings. The molecule has 0 aliphatic carbocycles. The zero-order valence-corrected chi connectivity index (χ0v) is 10.6. The molecule has 3 aliphatic rings. The smallest absolute Gasteiger partial charge is 0.0833 e. The van der Waals surface area contributed by atoms with E-state index in [4.69, 9.17) is 9.47 Å². The summed E-state index contributed by atoms with van der Waals surface area (Å²) < 4.78 is 11.6. The molecule has 0 atom stereocenters. The lowest BCUT2D eigenvalue weighted by atomic mass is 9.89. The molecule has 0 unspecified atom stereocenters. The van der Waals surface area contributed by atoms with Crippen molar-refractivity contribution in [3.05, 3.63) is 0 Å². The van der Waals surface area contributed by atoms with E-state index in [0.29, 0.717) is 0 Å². The van der Waals surface area contributed by atoms with Crippen LogP contribution in [0, 0.1) is 0 Å². The van der Waals surface area contributed by atoms with E-state index in [1.165, 1.54) is 25.7 Å². The summed E-state index contributed by atoms with van der Waals surface area (Å²) in [7, 11) is 0. The van der Waals surface area contributed by atoms with Crippen molar-refractivity contribution in [2.75, 3.05) is 46.0 Å². The molecule has 3 rings (SSSR count). The highest BCUT2D eigenvalue weighted by Gasteiger charge is 2.39. The Morgan fingerprint density at radius 3 is 2.59 bits per heavy atom. The Morgan fingerprint density at radius 1 is 1.06 bits per heavy atom. The van der Waals surface area contributed by atoms with Gasteiger partial charge >= 0.3 is 0 Å². The van der Waals surface area contributed by atoms with Gasteiger partial charge in [0.2, 0.25) is 0 Å². The standard InChI is InChI=1S/C13H24N2O2/c1-8-16-9-2-12(1)15-7-10-17-13(11-15)3-5-14-6-4-13/h12,14H,1-11H2. The molecular weight excluding hydrogens is 216 g/mol. The predicted molar refractivity (Wildman–Crippen MR) is 66.2 cm³/mol. The quantitative estimate of drug-likeness (QED) is 0.728. The lowest BCUT2D eigenvalue weighted by Gasteiger charge is -2.48. The second kappa shape index (κ2) is 5.22. The van der Waals surface area contributed by atoms with Gasteiger partial charge in [-0.15, -0.1) is 0 Å². The van der Waals surface area contributed by atoms with Crippen LogP contribution < -0.4 is 5.32 Å². The number of hydrogen-bond donors (Lipinski definition) is 1. The molecule has 0 radical (unpaired) electrons. The zero-order chi connectivity index (χ0) is 11.6.